The largest absolute Gasteiger partial charge is 0.497 e. The molecule has 0 N–H and O–H groups in total. The van der Waals surface area contributed by atoms with Gasteiger partial charge in [0.1, 0.15) is 19.0 Å². The van der Waals surface area contributed by atoms with E-state index in [1.54, 1.807) is 7.11 Å². The molecule has 1 heterocycles. The van der Waals surface area contributed by atoms with E-state index in [0.29, 0.717) is 19.8 Å². The fourth-order valence-electron chi connectivity index (χ4n) is 3.00. The van der Waals surface area contributed by atoms with Crippen LogP contribution in [0.15, 0.2) is 24.3 Å². The number of nitrogens with zero attached hydrogens (tertiary/aromatic N) is 1. The summed E-state index contributed by atoms with van der Waals surface area (Å²) in [4.78, 5) is 24.5. The second-order valence-electron chi connectivity index (χ2n) is 6.01. The Morgan fingerprint density at radius 3 is 1.92 bits per heavy atom. The van der Waals surface area contributed by atoms with Crippen LogP contribution in [0.2, 0.25) is 0 Å². The van der Waals surface area contributed by atoms with Crippen LogP contribution >= 0.6 is 0 Å². The number of esters is 2. The Hall–Kier alpha value is -2.08. The predicted octanol–water partition coefficient (Wildman–Crippen LogP) is 2.15. The van der Waals surface area contributed by atoms with Gasteiger partial charge in [0.05, 0.1) is 7.11 Å². The maximum Gasteiger partial charge on any atom is 0.302 e. The van der Waals surface area contributed by atoms with Gasteiger partial charge in [0, 0.05) is 32.5 Å². The molecule has 2 atom stereocenters. The van der Waals surface area contributed by atoms with Gasteiger partial charge in [-0.25, -0.2) is 0 Å². The van der Waals surface area contributed by atoms with Gasteiger partial charge in [-0.15, -0.1) is 0 Å². The summed E-state index contributed by atoms with van der Waals surface area (Å²) in [7, 11) is 1.64. The van der Waals surface area contributed by atoms with Crippen LogP contribution in [-0.4, -0.2) is 49.2 Å². The Morgan fingerprint density at radius 1 is 1.00 bits per heavy atom. The molecule has 1 aromatic carbocycles. The van der Waals surface area contributed by atoms with Crippen LogP contribution in [0.1, 0.15) is 32.3 Å². The van der Waals surface area contributed by atoms with Gasteiger partial charge < -0.3 is 14.2 Å². The van der Waals surface area contributed by atoms with Crippen molar-refractivity contribution >= 4 is 11.9 Å². The van der Waals surface area contributed by atoms with Crippen molar-refractivity contribution < 1.29 is 23.8 Å². The highest BCUT2D eigenvalue weighted by Crippen LogP contribution is 2.27. The van der Waals surface area contributed by atoms with Crippen LogP contribution in [0.25, 0.3) is 0 Å². The van der Waals surface area contributed by atoms with Gasteiger partial charge in [-0.2, -0.15) is 0 Å². The number of methoxy groups -OCH3 is 1. The van der Waals surface area contributed by atoms with E-state index in [0.717, 1.165) is 24.2 Å². The third-order valence-electron chi connectivity index (χ3n) is 4.25. The molecule has 0 amide bonds. The van der Waals surface area contributed by atoms with Crippen LogP contribution in [0.4, 0.5) is 0 Å². The number of benzene rings is 1. The number of likely N-dealkylation sites (tertiary alicyclic amines) is 1. The zero-order chi connectivity index (χ0) is 17.5. The quantitative estimate of drug-likeness (QED) is 0.712. The highest BCUT2D eigenvalue weighted by molar-refractivity contribution is 5.66. The minimum atomic E-state index is -0.275. The molecule has 1 aliphatic rings. The zero-order valence-corrected chi connectivity index (χ0v) is 14.5. The number of rotatable bonds is 7. The van der Waals surface area contributed by atoms with Crippen molar-refractivity contribution in [1.82, 2.24) is 4.90 Å². The Kier molecular flexibility index (Phi) is 6.61. The number of hydrogen-bond donors (Lipinski definition) is 0. The van der Waals surface area contributed by atoms with Crippen LogP contribution in [0, 0.1) is 0 Å². The lowest BCUT2D eigenvalue weighted by molar-refractivity contribution is -0.143. The maximum atomic E-state index is 11.1. The molecule has 1 fully saturated rings. The van der Waals surface area contributed by atoms with E-state index in [1.807, 2.05) is 24.3 Å². The molecule has 0 bridgehead atoms. The molecule has 1 saturated heterocycles. The molecule has 0 aromatic heterocycles. The van der Waals surface area contributed by atoms with Gasteiger partial charge in [-0.1, -0.05) is 12.1 Å². The third kappa shape index (κ3) is 5.23. The first-order valence-corrected chi connectivity index (χ1v) is 8.15. The second kappa shape index (κ2) is 8.68. The van der Waals surface area contributed by atoms with E-state index < -0.39 is 0 Å². The van der Waals surface area contributed by atoms with Gasteiger partial charge in [-0.05, 0) is 30.5 Å². The molecule has 1 aliphatic heterocycles. The molecular weight excluding hydrogens is 310 g/mol. The van der Waals surface area contributed by atoms with E-state index in [9.17, 15) is 9.59 Å². The van der Waals surface area contributed by atoms with Crippen LogP contribution in [0.3, 0.4) is 0 Å². The first kappa shape index (κ1) is 18.3. The summed E-state index contributed by atoms with van der Waals surface area (Å²) in [5.41, 5.74) is 1.14. The van der Waals surface area contributed by atoms with E-state index in [-0.39, 0.29) is 24.0 Å². The standard InChI is InChI=1S/C18H25NO5/c1-13(20)23-11-16-6-7-17(12-24-14(2)21)19(16)10-15-4-8-18(22-3)9-5-15/h4-5,8-9,16-17H,6-7,10-12H2,1-3H3/t16-,17-/m1/s1. The minimum Gasteiger partial charge on any atom is -0.497 e. The van der Waals surface area contributed by atoms with Gasteiger partial charge in [0.2, 0.25) is 0 Å². The summed E-state index contributed by atoms with van der Waals surface area (Å²) in [5.74, 6) is 0.263. The van der Waals surface area contributed by atoms with Gasteiger partial charge in [0.15, 0.2) is 0 Å². The minimum absolute atomic E-state index is 0.136. The molecule has 0 unspecified atom stereocenters. The lowest BCUT2D eigenvalue weighted by Crippen LogP contribution is -2.40. The Bertz CT molecular complexity index is 531. The molecular formula is C18H25NO5. The highest BCUT2D eigenvalue weighted by atomic mass is 16.5. The van der Waals surface area contributed by atoms with Crippen molar-refractivity contribution in [3.63, 3.8) is 0 Å². The van der Waals surface area contributed by atoms with Crippen molar-refractivity contribution in [2.45, 2.75) is 45.3 Å². The summed E-state index contributed by atoms with van der Waals surface area (Å²) in [6.45, 7) is 4.27. The monoisotopic (exact) mass is 335 g/mol. The third-order valence-corrected chi connectivity index (χ3v) is 4.25. The van der Waals surface area contributed by atoms with Crippen LogP contribution in [0.5, 0.6) is 5.75 Å². The van der Waals surface area contributed by atoms with Gasteiger partial charge in [0.25, 0.3) is 0 Å². The van der Waals surface area contributed by atoms with Crippen molar-refractivity contribution in [3.8, 4) is 5.75 Å². The first-order chi connectivity index (χ1) is 11.5. The Labute approximate surface area is 142 Å². The molecule has 2 rings (SSSR count). The molecule has 0 spiro atoms. The molecule has 0 saturated carbocycles. The molecule has 6 heteroatoms. The van der Waals surface area contributed by atoms with Gasteiger partial charge >= 0.3 is 11.9 Å². The number of hydrogen-bond acceptors (Lipinski definition) is 6. The van der Waals surface area contributed by atoms with Crippen molar-refractivity contribution in [2.75, 3.05) is 20.3 Å². The molecule has 6 nitrogen and oxygen atoms in total. The van der Waals surface area contributed by atoms with Crippen molar-refractivity contribution in [1.29, 1.82) is 0 Å². The van der Waals surface area contributed by atoms with Gasteiger partial charge in [-0.3, -0.25) is 14.5 Å². The molecule has 0 radical (unpaired) electrons. The van der Waals surface area contributed by atoms with Crippen LogP contribution < -0.4 is 4.74 Å². The van der Waals surface area contributed by atoms with Crippen molar-refractivity contribution in [3.05, 3.63) is 29.8 Å². The average Bonchev–Trinajstić information content (AvgIpc) is 2.93. The fourth-order valence-corrected chi connectivity index (χ4v) is 3.00. The van der Waals surface area contributed by atoms with E-state index in [2.05, 4.69) is 4.90 Å². The average molecular weight is 335 g/mol. The van der Waals surface area contributed by atoms with E-state index >= 15 is 0 Å². The highest BCUT2D eigenvalue weighted by Gasteiger charge is 2.34. The summed E-state index contributed by atoms with van der Waals surface area (Å²) in [5, 5.41) is 0. The molecule has 0 aliphatic carbocycles. The van der Waals surface area contributed by atoms with E-state index in [4.69, 9.17) is 14.2 Å². The van der Waals surface area contributed by atoms with Crippen molar-refractivity contribution in [2.24, 2.45) is 0 Å². The van der Waals surface area contributed by atoms with Crippen LogP contribution in [-0.2, 0) is 25.6 Å². The topological polar surface area (TPSA) is 65.1 Å². The summed E-state index contributed by atoms with van der Waals surface area (Å²) in [6, 6.07) is 8.15. The summed E-state index contributed by atoms with van der Waals surface area (Å²) in [6.07, 6.45) is 1.82. The summed E-state index contributed by atoms with van der Waals surface area (Å²) < 4.78 is 15.6. The Morgan fingerprint density at radius 2 is 1.50 bits per heavy atom. The zero-order valence-electron chi connectivity index (χ0n) is 14.5. The second-order valence-corrected chi connectivity index (χ2v) is 6.01. The number of ether oxygens (including phenoxy) is 3. The normalized spacial score (nSPS) is 20.6. The molecule has 132 valence electrons. The lowest BCUT2D eigenvalue weighted by atomic mass is 10.1. The predicted molar refractivity (Wildman–Crippen MR) is 88.6 cm³/mol. The number of carbonyl (C=O) groups is 2. The molecule has 1 aromatic rings. The molecule has 24 heavy (non-hydrogen) atoms. The summed E-state index contributed by atoms with van der Waals surface area (Å²) >= 11 is 0. The first-order valence-electron chi connectivity index (χ1n) is 8.15. The van der Waals surface area contributed by atoms with E-state index in [1.165, 1.54) is 13.8 Å². The SMILES string of the molecule is COc1ccc(CN2[C@@H](COC(C)=O)CC[C@@H]2COC(C)=O)cc1. The maximum absolute atomic E-state index is 11.1. The fraction of sp³-hybridized carbons (Fsp3) is 0.556. The lowest BCUT2D eigenvalue weighted by Gasteiger charge is -2.29. The Balaban J connectivity index is 2.05. The smallest absolute Gasteiger partial charge is 0.302 e. The number of carbonyl (C=O) groups excluding carboxylic acids is 2.